The standard InChI is InChI=1S/C22H23N3O2S/c1-14(2)21-24-19-8-5-17(13-20(19)28-21)23-22(27)25-11-9-16(10-12-25)15-3-6-18(26)7-4-15/h3-9,13-14,26H,10-12H2,1-2H3,(H,23,27). The van der Waals surface area contributed by atoms with E-state index < -0.39 is 0 Å². The number of hydrogen-bond donors (Lipinski definition) is 2. The van der Waals surface area contributed by atoms with Gasteiger partial charge < -0.3 is 15.3 Å². The Labute approximate surface area is 168 Å². The first-order chi connectivity index (χ1) is 13.5. The predicted octanol–water partition coefficient (Wildman–Crippen LogP) is 5.45. The topological polar surface area (TPSA) is 65.5 Å². The third-order valence-electron chi connectivity index (χ3n) is 4.88. The van der Waals surface area contributed by atoms with E-state index in [1.807, 2.05) is 30.3 Å². The zero-order valence-corrected chi connectivity index (χ0v) is 16.8. The maximum Gasteiger partial charge on any atom is 0.322 e. The number of nitrogens with one attached hydrogen (secondary N) is 1. The third kappa shape index (κ3) is 3.87. The van der Waals surface area contributed by atoms with E-state index in [9.17, 15) is 9.90 Å². The van der Waals surface area contributed by atoms with Gasteiger partial charge in [0.05, 0.1) is 15.2 Å². The first kappa shape index (κ1) is 18.5. The van der Waals surface area contributed by atoms with E-state index >= 15 is 0 Å². The van der Waals surface area contributed by atoms with Crippen LogP contribution in [0.5, 0.6) is 5.75 Å². The molecule has 0 aliphatic carbocycles. The Morgan fingerprint density at radius 2 is 2.00 bits per heavy atom. The average Bonchev–Trinajstić information content (AvgIpc) is 3.12. The minimum Gasteiger partial charge on any atom is -0.508 e. The second-order valence-electron chi connectivity index (χ2n) is 7.29. The van der Waals surface area contributed by atoms with Crippen molar-refractivity contribution in [2.75, 3.05) is 18.4 Å². The van der Waals surface area contributed by atoms with Crippen LogP contribution in [-0.4, -0.2) is 34.1 Å². The van der Waals surface area contributed by atoms with Crippen molar-refractivity contribution >= 4 is 38.8 Å². The van der Waals surface area contributed by atoms with Crippen molar-refractivity contribution in [2.45, 2.75) is 26.2 Å². The molecule has 5 nitrogen and oxygen atoms in total. The summed E-state index contributed by atoms with van der Waals surface area (Å²) in [6.45, 7) is 5.51. The fourth-order valence-electron chi connectivity index (χ4n) is 3.26. The Hall–Kier alpha value is -2.86. The molecule has 0 saturated carbocycles. The predicted molar refractivity (Wildman–Crippen MR) is 115 cm³/mol. The highest BCUT2D eigenvalue weighted by molar-refractivity contribution is 7.18. The Morgan fingerprint density at radius 3 is 2.68 bits per heavy atom. The van der Waals surface area contributed by atoms with Crippen LogP contribution in [0.15, 0.2) is 48.5 Å². The molecule has 0 atom stereocenters. The highest BCUT2D eigenvalue weighted by Crippen LogP contribution is 2.30. The van der Waals surface area contributed by atoms with Crippen LogP contribution < -0.4 is 5.32 Å². The van der Waals surface area contributed by atoms with Crippen LogP contribution in [0.25, 0.3) is 15.8 Å². The van der Waals surface area contributed by atoms with E-state index in [1.54, 1.807) is 28.4 Å². The van der Waals surface area contributed by atoms with E-state index in [0.717, 1.165) is 32.9 Å². The summed E-state index contributed by atoms with van der Waals surface area (Å²) in [5.41, 5.74) is 4.07. The minimum absolute atomic E-state index is 0.0889. The van der Waals surface area contributed by atoms with Crippen LogP contribution in [0.1, 0.15) is 36.8 Å². The summed E-state index contributed by atoms with van der Waals surface area (Å²) in [5.74, 6) is 0.665. The van der Waals surface area contributed by atoms with Crippen molar-refractivity contribution in [1.82, 2.24) is 9.88 Å². The molecule has 0 unspecified atom stereocenters. The van der Waals surface area contributed by atoms with Crippen molar-refractivity contribution in [1.29, 1.82) is 0 Å². The number of anilines is 1. The maximum atomic E-state index is 12.6. The van der Waals surface area contributed by atoms with E-state index in [0.29, 0.717) is 19.0 Å². The Kier molecular flexibility index (Phi) is 5.05. The Morgan fingerprint density at radius 1 is 1.21 bits per heavy atom. The molecule has 0 bridgehead atoms. The van der Waals surface area contributed by atoms with Crippen molar-refractivity contribution in [3.63, 3.8) is 0 Å². The summed E-state index contributed by atoms with van der Waals surface area (Å²) < 4.78 is 1.09. The molecule has 2 aromatic carbocycles. The number of carbonyl (C=O) groups is 1. The van der Waals surface area contributed by atoms with Gasteiger partial charge in [-0.15, -0.1) is 11.3 Å². The number of amides is 2. The molecule has 3 aromatic rings. The number of fused-ring (bicyclic) bond motifs is 1. The van der Waals surface area contributed by atoms with Crippen molar-refractivity contribution in [2.24, 2.45) is 0 Å². The number of aromatic nitrogens is 1. The number of thiazole rings is 1. The van der Waals surface area contributed by atoms with Gasteiger partial charge in [-0.05, 0) is 47.9 Å². The van der Waals surface area contributed by atoms with E-state index in [-0.39, 0.29) is 11.8 Å². The number of rotatable bonds is 3. The number of aromatic hydroxyl groups is 1. The summed E-state index contributed by atoms with van der Waals surface area (Å²) in [4.78, 5) is 19.1. The number of carbonyl (C=O) groups excluding carboxylic acids is 1. The van der Waals surface area contributed by atoms with E-state index in [1.165, 1.54) is 5.57 Å². The number of benzene rings is 2. The normalized spacial score (nSPS) is 14.4. The molecule has 144 valence electrons. The summed E-state index contributed by atoms with van der Waals surface area (Å²) in [7, 11) is 0. The van der Waals surface area contributed by atoms with Crippen molar-refractivity contribution < 1.29 is 9.90 Å². The summed E-state index contributed by atoms with van der Waals surface area (Å²) in [5, 5.41) is 13.5. The van der Waals surface area contributed by atoms with Gasteiger partial charge in [-0.2, -0.15) is 0 Å². The zero-order valence-electron chi connectivity index (χ0n) is 16.0. The van der Waals surface area contributed by atoms with Gasteiger partial charge >= 0.3 is 6.03 Å². The van der Waals surface area contributed by atoms with Gasteiger partial charge in [0.25, 0.3) is 0 Å². The monoisotopic (exact) mass is 393 g/mol. The van der Waals surface area contributed by atoms with Crippen LogP contribution in [0.4, 0.5) is 10.5 Å². The molecule has 1 aromatic heterocycles. The highest BCUT2D eigenvalue weighted by Gasteiger charge is 2.18. The van der Waals surface area contributed by atoms with Crippen LogP contribution >= 0.6 is 11.3 Å². The zero-order chi connectivity index (χ0) is 19.7. The number of nitrogens with zero attached hydrogens (tertiary/aromatic N) is 2. The molecule has 0 saturated heterocycles. The number of phenolic OH excluding ortho intramolecular Hbond substituents is 1. The first-order valence-electron chi connectivity index (χ1n) is 9.44. The lowest BCUT2D eigenvalue weighted by Crippen LogP contribution is -2.37. The Bertz CT molecular complexity index is 1040. The largest absolute Gasteiger partial charge is 0.508 e. The quantitative estimate of drug-likeness (QED) is 0.622. The summed E-state index contributed by atoms with van der Waals surface area (Å²) >= 11 is 1.68. The lowest BCUT2D eigenvalue weighted by Gasteiger charge is -2.27. The smallest absolute Gasteiger partial charge is 0.322 e. The van der Waals surface area contributed by atoms with Crippen LogP contribution in [0.3, 0.4) is 0 Å². The van der Waals surface area contributed by atoms with E-state index in [2.05, 4.69) is 30.2 Å². The molecule has 4 rings (SSSR count). The number of phenols is 1. The second-order valence-corrected chi connectivity index (χ2v) is 8.35. The summed E-state index contributed by atoms with van der Waals surface area (Å²) in [6, 6.07) is 13.0. The lowest BCUT2D eigenvalue weighted by atomic mass is 9.99. The number of urea groups is 1. The van der Waals surface area contributed by atoms with Crippen LogP contribution in [-0.2, 0) is 0 Å². The molecule has 0 radical (unpaired) electrons. The van der Waals surface area contributed by atoms with Crippen molar-refractivity contribution in [3.8, 4) is 5.75 Å². The van der Waals surface area contributed by atoms with Gasteiger partial charge in [-0.3, -0.25) is 0 Å². The molecule has 6 heteroatoms. The van der Waals surface area contributed by atoms with Gasteiger partial charge in [-0.1, -0.05) is 32.1 Å². The first-order valence-corrected chi connectivity index (χ1v) is 10.3. The van der Waals surface area contributed by atoms with Gasteiger partial charge in [-0.25, -0.2) is 9.78 Å². The van der Waals surface area contributed by atoms with Crippen LogP contribution in [0, 0.1) is 0 Å². The molecule has 1 aliphatic heterocycles. The van der Waals surface area contributed by atoms with Gasteiger partial charge in [0.2, 0.25) is 0 Å². The lowest BCUT2D eigenvalue weighted by molar-refractivity contribution is 0.217. The molecule has 28 heavy (non-hydrogen) atoms. The SMILES string of the molecule is CC(C)c1nc2ccc(NC(=O)N3CC=C(c4ccc(O)cc4)CC3)cc2s1. The molecule has 1 aliphatic rings. The fraction of sp³-hybridized carbons (Fsp3) is 0.273. The maximum absolute atomic E-state index is 12.6. The molecule has 0 fully saturated rings. The molecule has 0 spiro atoms. The van der Waals surface area contributed by atoms with Gasteiger partial charge in [0.1, 0.15) is 5.75 Å². The molecule has 2 N–H and O–H groups in total. The average molecular weight is 394 g/mol. The molecule has 2 heterocycles. The minimum atomic E-state index is -0.0889. The molecular formula is C22H23N3O2S. The van der Waals surface area contributed by atoms with Gasteiger partial charge in [0, 0.05) is 24.7 Å². The summed E-state index contributed by atoms with van der Waals surface area (Å²) in [6.07, 6.45) is 2.88. The van der Waals surface area contributed by atoms with Crippen LogP contribution in [0.2, 0.25) is 0 Å². The van der Waals surface area contributed by atoms with E-state index in [4.69, 9.17) is 0 Å². The second kappa shape index (κ2) is 7.64. The molecular weight excluding hydrogens is 370 g/mol. The Balaban J connectivity index is 1.43. The highest BCUT2D eigenvalue weighted by atomic mass is 32.1. The van der Waals surface area contributed by atoms with Gasteiger partial charge in [0.15, 0.2) is 0 Å². The number of hydrogen-bond acceptors (Lipinski definition) is 4. The third-order valence-corrected chi connectivity index (χ3v) is 6.20. The molecule has 2 amide bonds. The van der Waals surface area contributed by atoms with Crippen molar-refractivity contribution in [3.05, 3.63) is 59.1 Å². The fourth-order valence-corrected chi connectivity index (χ4v) is 4.27.